The van der Waals surface area contributed by atoms with Gasteiger partial charge in [0.2, 0.25) is 15.9 Å². The fraction of sp³-hybridized carbons (Fsp3) is 0.381. The van der Waals surface area contributed by atoms with Crippen molar-refractivity contribution in [2.24, 2.45) is 5.92 Å². The minimum absolute atomic E-state index is 0.134. The second-order valence-corrected chi connectivity index (χ2v) is 9.04. The lowest BCUT2D eigenvalue weighted by atomic mass is 9.90. The lowest BCUT2D eigenvalue weighted by molar-refractivity contribution is -0.121. The Morgan fingerprint density at radius 3 is 1.85 bits per heavy atom. The molecule has 0 spiro atoms. The van der Waals surface area contributed by atoms with Gasteiger partial charge in [0.15, 0.2) is 0 Å². The van der Waals surface area contributed by atoms with Crippen LogP contribution < -0.4 is 5.32 Å². The summed E-state index contributed by atoms with van der Waals surface area (Å²) in [7, 11) is -3.30. The van der Waals surface area contributed by atoms with Gasteiger partial charge in [0.05, 0.1) is 12.2 Å². The molecule has 27 heavy (non-hydrogen) atoms. The molecule has 0 aliphatic heterocycles. The van der Waals surface area contributed by atoms with Crippen LogP contribution in [0.25, 0.3) is 0 Å². The van der Waals surface area contributed by atoms with E-state index in [2.05, 4.69) is 5.32 Å². The molecule has 6 heteroatoms. The number of carbonyl (C=O) groups excluding carboxylic acids is 1. The van der Waals surface area contributed by atoms with Gasteiger partial charge in [0.1, 0.15) is 0 Å². The minimum Gasteiger partial charge on any atom is -0.354 e. The normalized spacial score (nSPS) is 11.9. The summed E-state index contributed by atoms with van der Waals surface area (Å²) in [4.78, 5) is 12.9. The summed E-state index contributed by atoms with van der Waals surface area (Å²) in [6.07, 6.45) is 1.20. The summed E-state index contributed by atoms with van der Waals surface area (Å²) in [5, 5.41) is 2.91. The molecule has 0 atom stereocenters. The van der Waals surface area contributed by atoms with E-state index >= 15 is 0 Å². The molecule has 0 aliphatic carbocycles. The summed E-state index contributed by atoms with van der Waals surface area (Å²) in [5.41, 5.74) is 1.81. The van der Waals surface area contributed by atoms with Gasteiger partial charge in [0.25, 0.3) is 0 Å². The van der Waals surface area contributed by atoms with Gasteiger partial charge in [-0.2, -0.15) is 0 Å². The van der Waals surface area contributed by atoms with E-state index in [9.17, 15) is 13.2 Å². The first-order valence-electron chi connectivity index (χ1n) is 9.11. The maximum atomic E-state index is 12.9. The molecule has 0 aromatic heterocycles. The largest absolute Gasteiger partial charge is 0.354 e. The second kappa shape index (κ2) is 9.67. The third-order valence-electron chi connectivity index (χ3n) is 4.23. The van der Waals surface area contributed by atoms with E-state index in [1.54, 1.807) is 0 Å². The van der Waals surface area contributed by atoms with Gasteiger partial charge in [0, 0.05) is 19.6 Å². The Bertz CT molecular complexity index is 782. The summed E-state index contributed by atoms with van der Waals surface area (Å²) in [6.45, 7) is 4.92. The Kier molecular flexibility index (Phi) is 7.56. The molecule has 146 valence electrons. The number of hydrogen-bond acceptors (Lipinski definition) is 3. The topological polar surface area (TPSA) is 66.5 Å². The van der Waals surface area contributed by atoms with Crippen molar-refractivity contribution in [3.05, 3.63) is 71.8 Å². The average molecular weight is 389 g/mol. The number of hydrogen-bond donors (Lipinski definition) is 1. The molecule has 1 N–H and O–H groups in total. The summed E-state index contributed by atoms with van der Waals surface area (Å²) in [6, 6.07) is 19.2. The SMILES string of the molecule is CC(C)CN(CCNC(=O)C(c1ccccc1)c1ccccc1)S(C)(=O)=O. The quantitative estimate of drug-likeness (QED) is 0.718. The van der Waals surface area contributed by atoms with Crippen molar-refractivity contribution >= 4 is 15.9 Å². The number of nitrogens with one attached hydrogen (secondary N) is 1. The van der Waals surface area contributed by atoms with Crippen LogP contribution in [0.1, 0.15) is 30.9 Å². The fourth-order valence-corrected chi connectivity index (χ4v) is 3.98. The first kappa shape index (κ1) is 21.1. The van der Waals surface area contributed by atoms with Crippen molar-refractivity contribution in [2.75, 3.05) is 25.9 Å². The average Bonchev–Trinajstić information content (AvgIpc) is 2.62. The van der Waals surface area contributed by atoms with Crippen molar-refractivity contribution in [2.45, 2.75) is 19.8 Å². The molecule has 5 nitrogen and oxygen atoms in total. The molecule has 2 rings (SSSR count). The van der Waals surface area contributed by atoms with Gasteiger partial charge in [-0.3, -0.25) is 4.79 Å². The number of carbonyl (C=O) groups is 1. The number of amides is 1. The fourth-order valence-electron chi connectivity index (χ4n) is 2.99. The highest BCUT2D eigenvalue weighted by Crippen LogP contribution is 2.24. The highest BCUT2D eigenvalue weighted by atomic mass is 32.2. The zero-order valence-electron chi connectivity index (χ0n) is 16.1. The molecule has 0 heterocycles. The highest BCUT2D eigenvalue weighted by Gasteiger charge is 2.23. The van der Waals surface area contributed by atoms with Crippen LogP contribution >= 0.6 is 0 Å². The number of sulfonamides is 1. The van der Waals surface area contributed by atoms with Crippen LogP contribution in [-0.2, 0) is 14.8 Å². The minimum atomic E-state index is -3.30. The van der Waals surface area contributed by atoms with Crippen molar-refractivity contribution < 1.29 is 13.2 Å². The van der Waals surface area contributed by atoms with Crippen LogP contribution in [-0.4, -0.2) is 44.5 Å². The van der Waals surface area contributed by atoms with Crippen LogP contribution in [0.15, 0.2) is 60.7 Å². The van der Waals surface area contributed by atoms with E-state index in [1.807, 2.05) is 74.5 Å². The molecule has 0 aliphatic rings. The second-order valence-electron chi connectivity index (χ2n) is 7.06. The van der Waals surface area contributed by atoms with Crippen LogP contribution in [0.2, 0.25) is 0 Å². The molecule has 0 saturated carbocycles. The van der Waals surface area contributed by atoms with E-state index < -0.39 is 15.9 Å². The molecule has 0 unspecified atom stereocenters. The molecular formula is C21H28N2O3S. The molecular weight excluding hydrogens is 360 g/mol. The zero-order valence-corrected chi connectivity index (χ0v) is 16.9. The van der Waals surface area contributed by atoms with Gasteiger partial charge < -0.3 is 5.32 Å². The summed E-state index contributed by atoms with van der Waals surface area (Å²) < 4.78 is 25.3. The molecule has 0 saturated heterocycles. The molecule has 1 amide bonds. The number of nitrogens with zero attached hydrogens (tertiary/aromatic N) is 1. The van der Waals surface area contributed by atoms with Crippen molar-refractivity contribution in [1.29, 1.82) is 0 Å². The molecule has 0 bridgehead atoms. The smallest absolute Gasteiger partial charge is 0.232 e. The molecule has 0 radical (unpaired) electrons. The third kappa shape index (κ3) is 6.48. The van der Waals surface area contributed by atoms with Crippen LogP contribution in [0, 0.1) is 5.92 Å². The molecule has 2 aromatic carbocycles. The Morgan fingerprint density at radius 2 is 1.44 bits per heavy atom. The highest BCUT2D eigenvalue weighted by molar-refractivity contribution is 7.88. The number of benzene rings is 2. The van der Waals surface area contributed by atoms with Gasteiger partial charge in [-0.05, 0) is 17.0 Å². The number of rotatable bonds is 9. The zero-order chi connectivity index (χ0) is 19.9. The Labute approximate surface area is 162 Å². The van der Waals surface area contributed by atoms with E-state index in [1.165, 1.54) is 10.6 Å². The van der Waals surface area contributed by atoms with E-state index in [0.717, 1.165) is 11.1 Å². The predicted octanol–water partition coefficient (Wildman–Crippen LogP) is 2.85. The molecule has 2 aromatic rings. The van der Waals surface area contributed by atoms with Crippen molar-refractivity contribution in [3.8, 4) is 0 Å². The first-order valence-corrected chi connectivity index (χ1v) is 11.0. The standard InChI is InChI=1S/C21H28N2O3S/c1-17(2)16-23(27(3,25)26)15-14-22-21(24)20(18-10-6-4-7-11-18)19-12-8-5-9-13-19/h4-13,17,20H,14-16H2,1-3H3,(H,22,24). The lowest BCUT2D eigenvalue weighted by Gasteiger charge is -2.23. The van der Waals surface area contributed by atoms with Crippen molar-refractivity contribution in [3.63, 3.8) is 0 Å². The Morgan fingerprint density at radius 1 is 0.963 bits per heavy atom. The summed E-state index contributed by atoms with van der Waals surface area (Å²) in [5.74, 6) is -0.341. The Hall–Kier alpha value is -2.18. The van der Waals surface area contributed by atoms with Crippen LogP contribution in [0.4, 0.5) is 0 Å². The van der Waals surface area contributed by atoms with E-state index in [-0.39, 0.29) is 24.9 Å². The third-order valence-corrected chi connectivity index (χ3v) is 5.50. The van der Waals surface area contributed by atoms with Gasteiger partial charge in [-0.15, -0.1) is 0 Å². The lowest BCUT2D eigenvalue weighted by Crippen LogP contribution is -2.41. The van der Waals surface area contributed by atoms with Gasteiger partial charge in [-0.25, -0.2) is 12.7 Å². The van der Waals surface area contributed by atoms with E-state index in [0.29, 0.717) is 6.54 Å². The van der Waals surface area contributed by atoms with Gasteiger partial charge >= 0.3 is 0 Å². The van der Waals surface area contributed by atoms with Crippen molar-refractivity contribution in [1.82, 2.24) is 9.62 Å². The summed E-state index contributed by atoms with van der Waals surface area (Å²) >= 11 is 0. The first-order chi connectivity index (χ1) is 12.8. The van der Waals surface area contributed by atoms with Crippen LogP contribution in [0.3, 0.4) is 0 Å². The molecule has 0 fully saturated rings. The van der Waals surface area contributed by atoms with Crippen LogP contribution in [0.5, 0.6) is 0 Å². The van der Waals surface area contributed by atoms with Gasteiger partial charge in [-0.1, -0.05) is 74.5 Å². The maximum absolute atomic E-state index is 12.9. The Balaban J connectivity index is 2.10. The predicted molar refractivity (Wildman–Crippen MR) is 109 cm³/mol. The monoisotopic (exact) mass is 388 g/mol. The maximum Gasteiger partial charge on any atom is 0.232 e. The van der Waals surface area contributed by atoms with E-state index in [4.69, 9.17) is 0 Å².